The van der Waals surface area contributed by atoms with E-state index in [0.717, 1.165) is 17.7 Å². The van der Waals surface area contributed by atoms with Gasteiger partial charge in [-0.05, 0) is 48.0 Å². The molecule has 0 aliphatic rings. The first-order valence-corrected chi connectivity index (χ1v) is 10.2. The summed E-state index contributed by atoms with van der Waals surface area (Å²) in [6, 6.07) is 12.0. The summed E-state index contributed by atoms with van der Waals surface area (Å²) in [7, 11) is 1.45. The SMILES string of the molecule is COc1cc(/C=N\Nc2ccc(C(F)(F)F)cc2[N+](=O)[O-])ccc1OCc1ccc(Cl)cc1Cl. The summed E-state index contributed by atoms with van der Waals surface area (Å²) < 4.78 is 49.6. The number of hydrogen-bond acceptors (Lipinski definition) is 6. The lowest BCUT2D eigenvalue weighted by molar-refractivity contribution is -0.384. The Morgan fingerprint density at radius 2 is 1.85 bits per heavy atom. The molecule has 0 bridgehead atoms. The molecule has 0 spiro atoms. The maximum Gasteiger partial charge on any atom is 0.416 e. The number of nitro benzene ring substituents is 1. The fraction of sp³-hybridized carbons (Fsp3) is 0.136. The number of anilines is 1. The number of ether oxygens (including phenoxy) is 2. The van der Waals surface area contributed by atoms with Gasteiger partial charge in [0.15, 0.2) is 11.5 Å². The Bertz CT molecular complexity index is 1240. The zero-order valence-corrected chi connectivity index (χ0v) is 18.9. The second kappa shape index (κ2) is 10.6. The van der Waals surface area contributed by atoms with Gasteiger partial charge in [0, 0.05) is 21.7 Å². The average Bonchev–Trinajstić information content (AvgIpc) is 2.78. The first-order valence-electron chi connectivity index (χ1n) is 9.48. The van der Waals surface area contributed by atoms with Crippen LogP contribution in [0.3, 0.4) is 0 Å². The van der Waals surface area contributed by atoms with Crippen molar-refractivity contribution in [3.05, 3.63) is 91.4 Å². The van der Waals surface area contributed by atoms with Crippen molar-refractivity contribution < 1.29 is 27.6 Å². The van der Waals surface area contributed by atoms with Gasteiger partial charge in [-0.25, -0.2) is 0 Å². The van der Waals surface area contributed by atoms with Crippen molar-refractivity contribution in [2.75, 3.05) is 12.5 Å². The average molecular weight is 514 g/mol. The number of methoxy groups -OCH3 is 1. The molecule has 0 unspecified atom stereocenters. The lowest BCUT2D eigenvalue weighted by atomic mass is 10.1. The molecule has 12 heteroatoms. The molecule has 3 aromatic carbocycles. The molecule has 0 heterocycles. The number of halogens is 5. The third-order valence-corrected chi connectivity index (χ3v) is 5.09. The lowest BCUT2D eigenvalue weighted by Gasteiger charge is -2.12. The van der Waals surface area contributed by atoms with E-state index in [1.165, 1.54) is 13.3 Å². The van der Waals surface area contributed by atoms with Gasteiger partial charge < -0.3 is 9.47 Å². The van der Waals surface area contributed by atoms with Gasteiger partial charge in [0.1, 0.15) is 12.3 Å². The van der Waals surface area contributed by atoms with Gasteiger partial charge in [0.05, 0.1) is 23.8 Å². The Morgan fingerprint density at radius 1 is 1.09 bits per heavy atom. The molecule has 0 atom stereocenters. The summed E-state index contributed by atoms with van der Waals surface area (Å²) in [6.45, 7) is 0.166. The molecule has 0 aliphatic carbocycles. The molecule has 0 saturated carbocycles. The van der Waals surface area contributed by atoms with E-state index in [-0.39, 0.29) is 12.3 Å². The Labute approximate surface area is 201 Å². The highest BCUT2D eigenvalue weighted by molar-refractivity contribution is 6.35. The molecule has 0 aromatic heterocycles. The van der Waals surface area contributed by atoms with Crippen LogP contribution in [0.5, 0.6) is 11.5 Å². The van der Waals surface area contributed by atoms with Crippen LogP contribution in [0.25, 0.3) is 0 Å². The minimum atomic E-state index is -4.70. The quantitative estimate of drug-likeness (QED) is 0.200. The van der Waals surface area contributed by atoms with Gasteiger partial charge >= 0.3 is 6.18 Å². The third-order valence-electron chi connectivity index (χ3n) is 4.51. The number of hydrazone groups is 1. The van der Waals surface area contributed by atoms with Crippen LogP contribution >= 0.6 is 23.2 Å². The maximum atomic E-state index is 12.8. The normalized spacial score (nSPS) is 11.5. The molecular weight excluding hydrogens is 498 g/mol. The summed E-state index contributed by atoms with van der Waals surface area (Å²) >= 11 is 12.0. The molecule has 34 heavy (non-hydrogen) atoms. The van der Waals surface area contributed by atoms with E-state index >= 15 is 0 Å². The predicted octanol–water partition coefficient (Wildman–Crippen LogP) is 6.95. The smallest absolute Gasteiger partial charge is 0.416 e. The summed E-state index contributed by atoms with van der Waals surface area (Å²) in [5.74, 6) is 0.812. The van der Waals surface area contributed by atoms with Crippen molar-refractivity contribution in [2.24, 2.45) is 5.10 Å². The largest absolute Gasteiger partial charge is 0.493 e. The van der Waals surface area contributed by atoms with Crippen LogP contribution in [-0.2, 0) is 12.8 Å². The van der Waals surface area contributed by atoms with Crippen molar-refractivity contribution in [1.82, 2.24) is 0 Å². The van der Waals surface area contributed by atoms with E-state index in [2.05, 4.69) is 10.5 Å². The molecule has 0 saturated heterocycles. The Morgan fingerprint density at radius 3 is 2.50 bits per heavy atom. The molecular formula is C22H16Cl2F3N3O4. The van der Waals surface area contributed by atoms with Crippen molar-refractivity contribution >= 4 is 40.8 Å². The highest BCUT2D eigenvalue weighted by Gasteiger charge is 2.33. The number of nitrogens with zero attached hydrogens (tertiary/aromatic N) is 2. The third kappa shape index (κ3) is 6.30. The van der Waals surface area contributed by atoms with E-state index in [1.807, 2.05) is 0 Å². The van der Waals surface area contributed by atoms with Gasteiger partial charge in [-0.3, -0.25) is 15.5 Å². The van der Waals surface area contributed by atoms with Crippen LogP contribution in [0.1, 0.15) is 16.7 Å². The molecule has 3 rings (SSSR count). The number of benzene rings is 3. The van der Waals surface area contributed by atoms with Gasteiger partial charge in [0.2, 0.25) is 0 Å². The number of alkyl halides is 3. The second-order valence-electron chi connectivity index (χ2n) is 6.79. The number of hydrogen-bond donors (Lipinski definition) is 1. The molecule has 7 nitrogen and oxygen atoms in total. The van der Waals surface area contributed by atoms with Crippen molar-refractivity contribution in [2.45, 2.75) is 12.8 Å². The summed E-state index contributed by atoms with van der Waals surface area (Å²) in [5.41, 5.74) is 1.58. The molecule has 3 aromatic rings. The van der Waals surface area contributed by atoms with Crippen LogP contribution in [-0.4, -0.2) is 18.2 Å². The molecule has 0 amide bonds. The van der Waals surface area contributed by atoms with Crippen molar-refractivity contribution in [1.29, 1.82) is 0 Å². The molecule has 0 aliphatic heterocycles. The van der Waals surface area contributed by atoms with E-state index in [4.69, 9.17) is 32.7 Å². The van der Waals surface area contributed by atoms with Gasteiger partial charge in [-0.1, -0.05) is 29.3 Å². The predicted molar refractivity (Wildman–Crippen MR) is 123 cm³/mol. The van der Waals surface area contributed by atoms with Crippen LogP contribution in [0.2, 0.25) is 10.0 Å². The van der Waals surface area contributed by atoms with Gasteiger partial charge in [-0.15, -0.1) is 0 Å². The van der Waals surface area contributed by atoms with Crippen molar-refractivity contribution in [3.63, 3.8) is 0 Å². The highest BCUT2D eigenvalue weighted by Crippen LogP contribution is 2.35. The number of nitro groups is 1. The fourth-order valence-electron chi connectivity index (χ4n) is 2.81. The van der Waals surface area contributed by atoms with Gasteiger partial charge in [0.25, 0.3) is 5.69 Å². The topological polar surface area (TPSA) is 86.0 Å². The zero-order chi connectivity index (χ0) is 24.9. The molecule has 0 fully saturated rings. The summed E-state index contributed by atoms with van der Waals surface area (Å²) in [6.07, 6.45) is -3.38. The Balaban J connectivity index is 1.72. The molecule has 0 radical (unpaired) electrons. The standard InChI is InChI=1S/C22H16Cl2F3N3O4/c1-33-21-8-13(2-7-20(21)34-12-14-3-5-16(23)10-17(14)24)11-28-29-18-6-4-15(22(25,26)27)9-19(18)30(31)32/h2-11,29H,12H2,1H3/b28-11-. The number of nitrogens with one attached hydrogen (secondary N) is 1. The van der Waals surface area contributed by atoms with Crippen LogP contribution in [0.15, 0.2) is 59.7 Å². The Kier molecular flexibility index (Phi) is 7.85. The fourth-order valence-corrected chi connectivity index (χ4v) is 3.27. The lowest BCUT2D eigenvalue weighted by Crippen LogP contribution is -2.06. The van der Waals surface area contributed by atoms with Crippen LogP contribution < -0.4 is 14.9 Å². The van der Waals surface area contributed by atoms with Crippen LogP contribution in [0, 0.1) is 10.1 Å². The van der Waals surface area contributed by atoms with E-state index < -0.39 is 22.4 Å². The monoisotopic (exact) mass is 513 g/mol. The zero-order valence-electron chi connectivity index (χ0n) is 17.4. The second-order valence-corrected chi connectivity index (χ2v) is 7.64. The summed E-state index contributed by atoms with van der Waals surface area (Å²) in [4.78, 5) is 10.2. The summed E-state index contributed by atoms with van der Waals surface area (Å²) in [5, 5.41) is 16.0. The van der Waals surface area contributed by atoms with E-state index in [0.29, 0.717) is 33.2 Å². The van der Waals surface area contributed by atoms with Gasteiger partial charge in [-0.2, -0.15) is 18.3 Å². The minimum Gasteiger partial charge on any atom is -0.493 e. The highest BCUT2D eigenvalue weighted by atomic mass is 35.5. The minimum absolute atomic E-state index is 0.166. The molecule has 1 N–H and O–H groups in total. The van der Waals surface area contributed by atoms with E-state index in [1.54, 1.807) is 36.4 Å². The molecule has 178 valence electrons. The van der Waals surface area contributed by atoms with E-state index in [9.17, 15) is 23.3 Å². The first kappa shape index (κ1) is 25.1. The number of rotatable bonds is 8. The first-order chi connectivity index (χ1) is 16.1. The Hall–Kier alpha value is -3.50. The maximum absolute atomic E-state index is 12.8. The van der Waals surface area contributed by atoms with Crippen molar-refractivity contribution in [3.8, 4) is 11.5 Å². The van der Waals surface area contributed by atoms with Crippen LogP contribution in [0.4, 0.5) is 24.5 Å².